The van der Waals surface area contributed by atoms with Gasteiger partial charge in [0.25, 0.3) is 5.91 Å². The Labute approximate surface area is 166 Å². The average Bonchev–Trinajstić information content (AvgIpc) is 2.77. The second kappa shape index (κ2) is 7.93. The minimum absolute atomic E-state index is 0.0480. The van der Waals surface area contributed by atoms with Crippen molar-refractivity contribution in [1.29, 1.82) is 0 Å². The number of carbonyl (C=O) groups is 1. The Morgan fingerprint density at radius 1 is 1.07 bits per heavy atom. The van der Waals surface area contributed by atoms with E-state index >= 15 is 0 Å². The van der Waals surface area contributed by atoms with Crippen LogP contribution in [0.15, 0.2) is 76.2 Å². The first-order chi connectivity index (χ1) is 14.1. The Morgan fingerprint density at radius 3 is 2.66 bits per heavy atom. The number of hydrogen-bond acceptors (Lipinski definition) is 6. The summed E-state index contributed by atoms with van der Waals surface area (Å²) >= 11 is 0. The van der Waals surface area contributed by atoms with Gasteiger partial charge in [0, 0.05) is 10.9 Å². The molecule has 2 aromatic heterocycles. The monoisotopic (exact) mass is 387 g/mol. The molecule has 0 saturated carbocycles. The van der Waals surface area contributed by atoms with E-state index in [0.29, 0.717) is 16.7 Å². The molecule has 7 nitrogen and oxygen atoms in total. The Morgan fingerprint density at radius 2 is 1.86 bits per heavy atom. The standard InChI is InChI=1S/C22H17N3O4/c1-28-17-8-6-14(7-9-17)19-11-16(24-13-25-19)12-23-21(26)18-10-15-4-2-3-5-20(15)29-22(18)27/h2-11,13H,12H2,1H3,(H,23,26). The van der Waals surface area contributed by atoms with E-state index in [4.69, 9.17) is 9.15 Å². The normalized spacial score (nSPS) is 10.7. The topological polar surface area (TPSA) is 94.3 Å². The number of fused-ring (bicyclic) bond motifs is 1. The predicted octanol–water partition coefficient (Wildman–Crippen LogP) is 3.19. The van der Waals surface area contributed by atoms with Gasteiger partial charge in [-0.15, -0.1) is 0 Å². The number of methoxy groups -OCH3 is 1. The van der Waals surface area contributed by atoms with Crippen molar-refractivity contribution in [3.8, 4) is 17.0 Å². The highest BCUT2D eigenvalue weighted by molar-refractivity contribution is 5.96. The third kappa shape index (κ3) is 3.98. The number of nitrogens with one attached hydrogen (secondary N) is 1. The van der Waals surface area contributed by atoms with Gasteiger partial charge in [-0.1, -0.05) is 18.2 Å². The van der Waals surface area contributed by atoms with Crippen molar-refractivity contribution in [2.45, 2.75) is 6.54 Å². The Bertz CT molecular complexity index is 1230. The smallest absolute Gasteiger partial charge is 0.349 e. The summed E-state index contributed by atoms with van der Waals surface area (Å²) in [6.07, 6.45) is 1.44. The van der Waals surface area contributed by atoms with Crippen molar-refractivity contribution in [2.75, 3.05) is 7.11 Å². The zero-order valence-corrected chi connectivity index (χ0v) is 15.6. The van der Waals surface area contributed by atoms with Gasteiger partial charge in [0.05, 0.1) is 25.0 Å². The first-order valence-electron chi connectivity index (χ1n) is 8.90. The number of hydrogen-bond donors (Lipinski definition) is 1. The molecule has 0 unspecified atom stereocenters. The summed E-state index contributed by atoms with van der Waals surface area (Å²) in [5.41, 5.74) is 1.95. The highest BCUT2D eigenvalue weighted by Crippen LogP contribution is 2.20. The number of amides is 1. The molecule has 0 aliphatic rings. The third-order valence-corrected chi connectivity index (χ3v) is 4.43. The molecule has 2 heterocycles. The summed E-state index contributed by atoms with van der Waals surface area (Å²) in [6.45, 7) is 0.150. The number of aromatic nitrogens is 2. The molecule has 1 N–H and O–H groups in total. The molecule has 1 amide bonds. The number of rotatable bonds is 5. The number of benzene rings is 2. The van der Waals surface area contributed by atoms with E-state index in [1.165, 1.54) is 12.4 Å². The van der Waals surface area contributed by atoms with Gasteiger partial charge in [0.2, 0.25) is 0 Å². The minimum atomic E-state index is -0.678. The summed E-state index contributed by atoms with van der Waals surface area (Å²) in [4.78, 5) is 33.0. The van der Waals surface area contributed by atoms with Crippen LogP contribution in [0.25, 0.3) is 22.2 Å². The van der Waals surface area contributed by atoms with Gasteiger partial charge in [-0.2, -0.15) is 0 Å². The molecule has 0 radical (unpaired) electrons. The van der Waals surface area contributed by atoms with Crippen LogP contribution in [-0.4, -0.2) is 23.0 Å². The molecule has 0 aliphatic carbocycles. The van der Waals surface area contributed by atoms with Crippen LogP contribution in [0.3, 0.4) is 0 Å². The molecular weight excluding hydrogens is 370 g/mol. The fourth-order valence-electron chi connectivity index (χ4n) is 2.90. The van der Waals surface area contributed by atoms with Crippen LogP contribution in [0.2, 0.25) is 0 Å². The number of carbonyl (C=O) groups excluding carboxylic acids is 1. The molecule has 2 aromatic carbocycles. The Balaban J connectivity index is 1.51. The van der Waals surface area contributed by atoms with E-state index in [1.54, 1.807) is 31.4 Å². The molecule has 0 bridgehead atoms. The zero-order chi connectivity index (χ0) is 20.2. The number of para-hydroxylation sites is 1. The van der Waals surface area contributed by atoms with Gasteiger partial charge in [0.15, 0.2) is 0 Å². The van der Waals surface area contributed by atoms with Gasteiger partial charge >= 0.3 is 5.63 Å². The highest BCUT2D eigenvalue weighted by atomic mass is 16.5. The summed E-state index contributed by atoms with van der Waals surface area (Å²) in [7, 11) is 1.61. The average molecular weight is 387 g/mol. The van der Waals surface area contributed by atoms with Crippen LogP contribution in [0.5, 0.6) is 5.75 Å². The molecule has 29 heavy (non-hydrogen) atoms. The zero-order valence-electron chi connectivity index (χ0n) is 15.6. The summed E-state index contributed by atoms with van der Waals surface area (Å²) < 4.78 is 10.4. The second-order valence-electron chi connectivity index (χ2n) is 6.29. The van der Waals surface area contributed by atoms with Crippen LogP contribution in [0.4, 0.5) is 0 Å². The Hall–Kier alpha value is -4.00. The summed E-state index contributed by atoms with van der Waals surface area (Å²) in [5.74, 6) is 0.235. The molecule has 0 atom stereocenters. The lowest BCUT2D eigenvalue weighted by molar-refractivity contribution is 0.0947. The van der Waals surface area contributed by atoms with Crippen LogP contribution < -0.4 is 15.7 Å². The maximum Gasteiger partial charge on any atom is 0.349 e. The van der Waals surface area contributed by atoms with Crippen molar-refractivity contribution < 1.29 is 13.9 Å². The van der Waals surface area contributed by atoms with E-state index in [2.05, 4.69) is 15.3 Å². The van der Waals surface area contributed by atoms with Crippen molar-refractivity contribution in [1.82, 2.24) is 15.3 Å². The molecular formula is C22H17N3O4. The van der Waals surface area contributed by atoms with E-state index in [1.807, 2.05) is 30.3 Å². The van der Waals surface area contributed by atoms with E-state index < -0.39 is 11.5 Å². The quantitative estimate of drug-likeness (QED) is 0.529. The van der Waals surface area contributed by atoms with Gasteiger partial charge in [-0.05, 0) is 42.5 Å². The largest absolute Gasteiger partial charge is 0.497 e. The van der Waals surface area contributed by atoms with Gasteiger partial charge in [-0.25, -0.2) is 14.8 Å². The first kappa shape index (κ1) is 18.4. The second-order valence-corrected chi connectivity index (χ2v) is 6.29. The van der Waals surface area contributed by atoms with Crippen LogP contribution >= 0.6 is 0 Å². The van der Waals surface area contributed by atoms with Crippen LogP contribution in [0, 0.1) is 0 Å². The lowest BCUT2D eigenvalue weighted by Gasteiger charge is -2.07. The SMILES string of the molecule is COc1ccc(-c2cc(CNC(=O)c3cc4ccccc4oc3=O)ncn2)cc1. The molecule has 7 heteroatoms. The fraction of sp³-hybridized carbons (Fsp3) is 0.0909. The maximum atomic E-state index is 12.5. The van der Waals surface area contributed by atoms with E-state index in [-0.39, 0.29) is 12.1 Å². The third-order valence-electron chi connectivity index (χ3n) is 4.43. The number of nitrogens with zero attached hydrogens (tertiary/aromatic N) is 2. The van der Waals surface area contributed by atoms with Gasteiger partial charge < -0.3 is 14.5 Å². The lowest BCUT2D eigenvalue weighted by atomic mass is 10.1. The molecule has 4 rings (SSSR count). The van der Waals surface area contributed by atoms with Crippen LogP contribution in [-0.2, 0) is 6.54 Å². The van der Waals surface area contributed by atoms with Crippen molar-refractivity contribution in [2.24, 2.45) is 0 Å². The van der Waals surface area contributed by atoms with E-state index in [0.717, 1.165) is 17.0 Å². The van der Waals surface area contributed by atoms with Gasteiger partial charge in [0.1, 0.15) is 23.2 Å². The Kier molecular flexibility index (Phi) is 5.03. The molecule has 0 spiro atoms. The fourth-order valence-corrected chi connectivity index (χ4v) is 2.90. The van der Waals surface area contributed by atoms with Crippen molar-refractivity contribution in [3.63, 3.8) is 0 Å². The van der Waals surface area contributed by atoms with Crippen molar-refractivity contribution >= 4 is 16.9 Å². The molecule has 0 fully saturated rings. The molecule has 0 aliphatic heterocycles. The lowest BCUT2D eigenvalue weighted by Crippen LogP contribution is -2.28. The molecule has 0 saturated heterocycles. The molecule has 144 valence electrons. The predicted molar refractivity (Wildman–Crippen MR) is 108 cm³/mol. The van der Waals surface area contributed by atoms with Crippen molar-refractivity contribution in [3.05, 3.63) is 88.7 Å². The molecule has 4 aromatic rings. The van der Waals surface area contributed by atoms with Gasteiger partial charge in [-0.3, -0.25) is 4.79 Å². The van der Waals surface area contributed by atoms with Crippen LogP contribution in [0.1, 0.15) is 16.1 Å². The number of ether oxygens (including phenoxy) is 1. The minimum Gasteiger partial charge on any atom is -0.497 e. The maximum absolute atomic E-state index is 12.5. The first-order valence-corrected chi connectivity index (χ1v) is 8.90. The summed E-state index contributed by atoms with van der Waals surface area (Å²) in [5, 5.41) is 3.39. The van der Waals surface area contributed by atoms with E-state index in [9.17, 15) is 9.59 Å². The highest BCUT2D eigenvalue weighted by Gasteiger charge is 2.14. The summed E-state index contributed by atoms with van der Waals surface area (Å²) in [6, 6.07) is 17.8.